The first-order valence-electron chi connectivity index (χ1n) is 8.06. The van der Waals surface area contributed by atoms with Crippen LogP contribution in [0.1, 0.15) is 18.4 Å². The van der Waals surface area contributed by atoms with Gasteiger partial charge in [-0.3, -0.25) is 0 Å². The number of aromatic nitrogens is 2. The first-order chi connectivity index (χ1) is 10.9. The van der Waals surface area contributed by atoms with Crippen molar-refractivity contribution in [2.75, 3.05) is 18.0 Å². The van der Waals surface area contributed by atoms with E-state index >= 15 is 0 Å². The summed E-state index contributed by atoms with van der Waals surface area (Å²) in [5.74, 6) is 2.33. The lowest BCUT2D eigenvalue weighted by molar-refractivity contribution is 0.0408. The molecule has 1 aliphatic heterocycles. The number of anilines is 1. The number of fused-ring (bicyclic) bond motifs is 1. The van der Waals surface area contributed by atoms with Gasteiger partial charge in [0.05, 0.1) is 12.7 Å². The first-order valence-corrected chi connectivity index (χ1v) is 8.06. The zero-order valence-corrected chi connectivity index (χ0v) is 12.6. The first kappa shape index (κ1) is 13.7. The summed E-state index contributed by atoms with van der Waals surface area (Å²) in [6, 6.07) is 12.3. The Kier molecular flexibility index (Phi) is 3.77. The molecule has 2 aromatic rings. The van der Waals surface area contributed by atoms with Gasteiger partial charge in [0.1, 0.15) is 0 Å². The molecule has 0 radical (unpaired) electrons. The van der Waals surface area contributed by atoms with Crippen molar-refractivity contribution in [3.05, 3.63) is 54.4 Å². The van der Waals surface area contributed by atoms with Crippen molar-refractivity contribution in [2.45, 2.75) is 25.6 Å². The van der Waals surface area contributed by atoms with Crippen LogP contribution in [0.3, 0.4) is 0 Å². The van der Waals surface area contributed by atoms with Crippen LogP contribution >= 0.6 is 0 Å². The van der Waals surface area contributed by atoms with Crippen LogP contribution in [-0.4, -0.2) is 29.2 Å². The fourth-order valence-electron chi connectivity index (χ4n) is 3.79. The number of rotatable bonds is 4. The molecule has 1 aromatic heterocycles. The minimum atomic E-state index is 0.411. The highest BCUT2D eigenvalue weighted by atomic mass is 16.5. The van der Waals surface area contributed by atoms with Gasteiger partial charge in [0, 0.05) is 25.5 Å². The maximum absolute atomic E-state index is 6.12. The van der Waals surface area contributed by atoms with E-state index in [0.29, 0.717) is 6.10 Å². The SMILES string of the molecule is c1ccc(COC2C[C@@H]3CN(c4ncccn4)C[C@@H]3C2)cc1. The van der Waals surface area contributed by atoms with Gasteiger partial charge < -0.3 is 9.64 Å². The molecule has 4 heteroatoms. The van der Waals surface area contributed by atoms with E-state index in [1.807, 2.05) is 24.5 Å². The minimum Gasteiger partial charge on any atom is -0.374 e. The third kappa shape index (κ3) is 2.83. The van der Waals surface area contributed by atoms with E-state index in [9.17, 15) is 0 Å². The van der Waals surface area contributed by atoms with Gasteiger partial charge in [0.2, 0.25) is 5.95 Å². The van der Waals surface area contributed by atoms with Gasteiger partial charge in [0.15, 0.2) is 0 Å². The molecular weight excluding hydrogens is 274 g/mol. The van der Waals surface area contributed by atoms with E-state index in [4.69, 9.17) is 4.74 Å². The molecular formula is C18H21N3O. The van der Waals surface area contributed by atoms with Gasteiger partial charge in [-0.25, -0.2) is 9.97 Å². The second-order valence-corrected chi connectivity index (χ2v) is 6.36. The Bertz CT molecular complexity index is 590. The van der Waals surface area contributed by atoms with Gasteiger partial charge in [0.25, 0.3) is 0 Å². The average molecular weight is 295 g/mol. The van der Waals surface area contributed by atoms with Crippen LogP contribution in [-0.2, 0) is 11.3 Å². The van der Waals surface area contributed by atoms with E-state index in [0.717, 1.165) is 37.5 Å². The fraction of sp³-hybridized carbons (Fsp3) is 0.444. The third-order valence-electron chi connectivity index (χ3n) is 4.87. The monoisotopic (exact) mass is 295 g/mol. The van der Waals surface area contributed by atoms with Crippen LogP contribution in [0.25, 0.3) is 0 Å². The number of benzene rings is 1. The summed E-state index contributed by atoms with van der Waals surface area (Å²) in [6.45, 7) is 2.87. The predicted molar refractivity (Wildman–Crippen MR) is 85.5 cm³/mol. The van der Waals surface area contributed by atoms with Crippen molar-refractivity contribution in [1.82, 2.24) is 9.97 Å². The Morgan fingerprint density at radius 2 is 1.64 bits per heavy atom. The molecule has 0 spiro atoms. The van der Waals surface area contributed by atoms with Gasteiger partial charge in [-0.15, -0.1) is 0 Å². The molecule has 114 valence electrons. The van der Waals surface area contributed by atoms with Crippen molar-refractivity contribution in [1.29, 1.82) is 0 Å². The Morgan fingerprint density at radius 3 is 2.32 bits per heavy atom. The smallest absolute Gasteiger partial charge is 0.225 e. The van der Waals surface area contributed by atoms with Gasteiger partial charge in [-0.2, -0.15) is 0 Å². The fourth-order valence-corrected chi connectivity index (χ4v) is 3.79. The van der Waals surface area contributed by atoms with Crippen molar-refractivity contribution < 1.29 is 4.74 Å². The summed E-state index contributed by atoms with van der Waals surface area (Å²) in [7, 11) is 0. The van der Waals surface area contributed by atoms with E-state index in [1.165, 1.54) is 18.4 Å². The molecule has 4 nitrogen and oxygen atoms in total. The lowest BCUT2D eigenvalue weighted by atomic mass is 10.0. The summed E-state index contributed by atoms with van der Waals surface area (Å²) in [5.41, 5.74) is 1.26. The maximum Gasteiger partial charge on any atom is 0.225 e. The molecule has 1 aromatic carbocycles. The Balaban J connectivity index is 1.30. The van der Waals surface area contributed by atoms with Crippen molar-refractivity contribution >= 4 is 5.95 Å². The Morgan fingerprint density at radius 1 is 0.955 bits per heavy atom. The molecule has 0 bridgehead atoms. The number of hydrogen-bond donors (Lipinski definition) is 0. The maximum atomic E-state index is 6.12. The Hall–Kier alpha value is -1.94. The lowest BCUT2D eigenvalue weighted by Crippen LogP contribution is -2.24. The van der Waals surface area contributed by atoms with Crippen LogP contribution in [0, 0.1) is 11.8 Å². The van der Waals surface area contributed by atoms with Crippen molar-refractivity contribution in [3.8, 4) is 0 Å². The zero-order chi connectivity index (χ0) is 14.8. The molecule has 3 atom stereocenters. The lowest BCUT2D eigenvalue weighted by Gasteiger charge is -2.19. The normalized spacial score (nSPS) is 27.1. The molecule has 22 heavy (non-hydrogen) atoms. The van der Waals surface area contributed by atoms with Crippen molar-refractivity contribution in [3.63, 3.8) is 0 Å². The van der Waals surface area contributed by atoms with Crippen molar-refractivity contribution in [2.24, 2.45) is 11.8 Å². The van der Waals surface area contributed by atoms with Crippen LogP contribution in [0.15, 0.2) is 48.8 Å². The molecule has 2 aliphatic rings. The van der Waals surface area contributed by atoms with Crippen LogP contribution in [0.2, 0.25) is 0 Å². The van der Waals surface area contributed by atoms with E-state index < -0.39 is 0 Å². The molecule has 2 fully saturated rings. The molecule has 2 heterocycles. The van der Waals surface area contributed by atoms with Crippen LogP contribution < -0.4 is 4.90 Å². The standard InChI is InChI=1S/C18H21N3O/c1-2-5-14(6-3-1)13-22-17-9-15-11-21(12-16(15)10-17)18-19-7-4-8-20-18/h1-8,15-17H,9-13H2/t15-,16+,17?. The number of hydrogen-bond acceptors (Lipinski definition) is 4. The third-order valence-corrected chi connectivity index (χ3v) is 4.87. The summed E-state index contributed by atoms with van der Waals surface area (Å²) < 4.78 is 6.12. The zero-order valence-electron chi connectivity index (χ0n) is 12.6. The topological polar surface area (TPSA) is 38.2 Å². The van der Waals surface area contributed by atoms with Gasteiger partial charge >= 0.3 is 0 Å². The molecule has 0 amide bonds. The second-order valence-electron chi connectivity index (χ2n) is 6.36. The second kappa shape index (κ2) is 6.05. The molecule has 0 N–H and O–H groups in total. The molecule has 4 rings (SSSR count). The number of nitrogens with zero attached hydrogens (tertiary/aromatic N) is 3. The molecule has 1 aliphatic carbocycles. The molecule has 1 saturated carbocycles. The van der Waals surface area contributed by atoms with Crippen LogP contribution in [0.4, 0.5) is 5.95 Å². The van der Waals surface area contributed by atoms with E-state index in [1.54, 1.807) is 0 Å². The summed E-state index contributed by atoms with van der Waals surface area (Å²) in [5, 5.41) is 0. The summed E-state index contributed by atoms with van der Waals surface area (Å²) in [4.78, 5) is 11.1. The van der Waals surface area contributed by atoms with E-state index in [2.05, 4.69) is 39.1 Å². The average Bonchev–Trinajstić information content (AvgIpc) is 3.13. The highest BCUT2D eigenvalue weighted by Gasteiger charge is 2.41. The minimum absolute atomic E-state index is 0.411. The largest absolute Gasteiger partial charge is 0.374 e. The van der Waals surface area contributed by atoms with E-state index in [-0.39, 0.29) is 0 Å². The molecule has 1 saturated heterocycles. The highest BCUT2D eigenvalue weighted by molar-refractivity contribution is 5.31. The van der Waals surface area contributed by atoms with Crippen LogP contribution in [0.5, 0.6) is 0 Å². The Labute approximate surface area is 131 Å². The quantitative estimate of drug-likeness (QED) is 0.869. The molecule has 1 unspecified atom stereocenters. The number of ether oxygens (including phenoxy) is 1. The summed E-state index contributed by atoms with van der Waals surface area (Å²) in [6.07, 6.45) is 6.39. The van der Waals surface area contributed by atoms with Gasteiger partial charge in [-0.1, -0.05) is 30.3 Å². The predicted octanol–water partition coefficient (Wildman–Crippen LogP) is 2.91. The van der Waals surface area contributed by atoms with Gasteiger partial charge in [-0.05, 0) is 36.3 Å². The highest BCUT2D eigenvalue weighted by Crippen LogP contribution is 2.40. The summed E-state index contributed by atoms with van der Waals surface area (Å²) >= 11 is 0.